The van der Waals surface area contributed by atoms with Gasteiger partial charge in [-0.2, -0.15) is 0 Å². The first kappa shape index (κ1) is 17.1. The van der Waals surface area contributed by atoms with E-state index in [4.69, 9.17) is 4.74 Å². The number of hydrogen-bond donors (Lipinski definition) is 1. The predicted molar refractivity (Wildman–Crippen MR) is 82.4 cm³/mol. The Morgan fingerprint density at radius 1 is 1.25 bits per heavy atom. The summed E-state index contributed by atoms with van der Waals surface area (Å²) in [5.41, 5.74) is 1.79. The minimum absolute atomic E-state index is 0.0251. The summed E-state index contributed by atoms with van der Waals surface area (Å²) in [6.07, 6.45) is 0.990. The zero-order valence-electron chi connectivity index (χ0n) is 13.4. The standard InChI is InChI=1S/C17H28FNO/c1-6-10-19-16(17(12(3)4)20-7-2)14-11-13(5)8-9-15(14)18/h8-9,11-12,16-17,19H,6-7,10H2,1-5H3. The van der Waals surface area contributed by atoms with Crippen LogP contribution < -0.4 is 5.32 Å². The van der Waals surface area contributed by atoms with Gasteiger partial charge in [-0.25, -0.2) is 4.39 Å². The SMILES string of the molecule is CCCNC(c1cc(C)ccc1F)C(OCC)C(C)C. The minimum Gasteiger partial charge on any atom is -0.376 e. The molecule has 0 aromatic heterocycles. The van der Waals surface area contributed by atoms with Crippen molar-refractivity contribution in [3.63, 3.8) is 0 Å². The summed E-state index contributed by atoms with van der Waals surface area (Å²) in [5.74, 6) is 0.166. The Kier molecular flexibility index (Phi) is 7.17. The lowest BCUT2D eigenvalue weighted by Gasteiger charge is -2.31. The summed E-state index contributed by atoms with van der Waals surface area (Å²) in [6.45, 7) is 11.8. The molecule has 1 aromatic rings. The molecule has 1 N–H and O–H groups in total. The van der Waals surface area contributed by atoms with E-state index in [9.17, 15) is 4.39 Å². The van der Waals surface area contributed by atoms with E-state index < -0.39 is 0 Å². The second kappa shape index (κ2) is 8.38. The van der Waals surface area contributed by atoms with Gasteiger partial charge in [0.25, 0.3) is 0 Å². The van der Waals surface area contributed by atoms with Crippen molar-refractivity contribution in [1.82, 2.24) is 5.32 Å². The lowest BCUT2D eigenvalue weighted by molar-refractivity contribution is 0.00202. The third kappa shape index (κ3) is 4.57. The summed E-state index contributed by atoms with van der Waals surface area (Å²) in [6, 6.07) is 5.18. The molecule has 1 rings (SSSR count). The van der Waals surface area contributed by atoms with Crippen LogP contribution in [0.2, 0.25) is 0 Å². The Balaban J connectivity index is 3.11. The Hall–Kier alpha value is -0.930. The molecule has 0 radical (unpaired) electrons. The molecule has 0 aliphatic rings. The van der Waals surface area contributed by atoms with Crippen molar-refractivity contribution in [2.45, 2.75) is 53.2 Å². The first-order chi connectivity index (χ1) is 9.51. The summed E-state index contributed by atoms with van der Waals surface area (Å²) in [7, 11) is 0. The van der Waals surface area contributed by atoms with Gasteiger partial charge in [0, 0.05) is 12.2 Å². The number of hydrogen-bond acceptors (Lipinski definition) is 2. The highest BCUT2D eigenvalue weighted by atomic mass is 19.1. The zero-order valence-corrected chi connectivity index (χ0v) is 13.4. The van der Waals surface area contributed by atoms with E-state index in [1.165, 1.54) is 0 Å². The quantitative estimate of drug-likeness (QED) is 0.769. The highest BCUT2D eigenvalue weighted by Crippen LogP contribution is 2.27. The minimum atomic E-state index is -0.158. The largest absolute Gasteiger partial charge is 0.376 e. The van der Waals surface area contributed by atoms with Gasteiger partial charge >= 0.3 is 0 Å². The van der Waals surface area contributed by atoms with Crippen LogP contribution in [0.3, 0.4) is 0 Å². The van der Waals surface area contributed by atoms with Crippen LogP contribution in [-0.2, 0) is 4.74 Å². The van der Waals surface area contributed by atoms with Crippen LogP contribution >= 0.6 is 0 Å². The van der Waals surface area contributed by atoms with Crippen molar-refractivity contribution >= 4 is 0 Å². The molecule has 0 fully saturated rings. The number of rotatable bonds is 8. The molecule has 0 saturated heterocycles. The molecule has 0 spiro atoms. The average Bonchev–Trinajstić information content (AvgIpc) is 2.41. The van der Waals surface area contributed by atoms with Crippen molar-refractivity contribution in [3.8, 4) is 0 Å². The van der Waals surface area contributed by atoms with Gasteiger partial charge in [0.05, 0.1) is 12.1 Å². The van der Waals surface area contributed by atoms with E-state index in [0.29, 0.717) is 18.1 Å². The fourth-order valence-electron chi connectivity index (χ4n) is 2.47. The molecule has 20 heavy (non-hydrogen) atoms. The lowest BCUT2D eigenvalue weighted by atomic mass is 9.92. The molecule has 114 valence electrons. The maximum Gasteiger partial charge on any atom is 0.128 e. The van der Waals surface area contributed by atoms with Gasteiger partial charge in [0.15, 0.2) is 0 Å². The molecule has 2 nitrogen and oxygen atoms in total. The Bertz CT molecular complexity index is 406. The summed E-state index contributed by atoms with van der Waals surface area (Å²) < 4.78 is 20.1. The van der Waals surface area contributed by atoms with Gasteiger partial charge < -0.3 is 10.1 Å². The summed E-state index contributed by atoms with van der Waals surface area (Å²) in [5, 5.41) is 3.46. The Morgan fingerprint density at radius 3 is 2.50 bits per heavy atom. The van der Waals surface area contributed by atoms with Gasteiger partial charge in [-0.05, 0) is 38.8 Å². The van der Waals surface area contributed by atoms with Crippen molar-refractivity contribution < 1.29 is 9.13 Å². The van der Waals surface area contributed by atoms with Crippen molar-refractivity contribution in [2.75, 3.05) is 13.2 Å². The summed E-state index contributed by atoms with van der Waals surface area (Å²) >= 11 is 0. The summed E-state index contributed by atoms with van der Waals surface area (Å²) in [4.78, 5) is 0. The van der Waals surface area contributed by atoms with Gasteiger partial charge in [-0.15, -0.1) is 0 Å². The first-order valence-electron chi connectivity index (χ1n) is 7.62. The average molecular weight is 281 g/mol. The van der Waals surface area contributed by atoms with Gasteiger partial charge in [0.2, 0.25) is 0 Å². The number of halogens is 1. The van der Waals surface area contributed by atoms with Crippen LogP contribution in [0, 0.1) is 18.7 Å². The highest BCUT2D eigenvalue weighted by molar-refractivity contribution is 5.28. The molecule has 3 heteroatoms. The molecule has 0 aliphatic heterocycles. The van der Waals surface area contributed by atoms with E-state index in [-0.39, 0.29) is 18.0 Å². The van der Waals surface area contributed by atoms with Crippen LogP contribution in [0.15, 0.2) is 18.2 Å². The van der Waals surface area contributed by atoms with E-state index in [1.807, 2.05) is 19.9 Å². The van der Waals surface area contributed by atoms with Crippen molar-refractivity contribution in [3.05, 3.63) is 35.1 Å². The van der Waals surface area contributed by atoms with Crippen LogP contribution in [-0.4, -0.2) is 19.3 Å². The molecule has 0 bridgehead atoms. The van der Waals surface area contributed by atoms with E-state index in [1.54, 1.807) is 12.1 Å². The van der Waals surface area contributed by atoms with Crippen LogP contribution in [0.1, 0.15) is 51.3 Å². The normalized spacial score (nSPS) is 14.6. The number of ether oxygens (including phenoxy) is 1. The van der Waals surface area contributed by atoms with E-state index in [2.05, 4.69) is 26.1 Å². The van der Waals surface area contributed by atoms with Crippen LogP contribution in [0.5, 0.6) is 0 Å². The maximum atomic E-state index is 14.2. The van der Waals surface area contributed by atoms with Crippen LogP contribution in [0.4, 0.5) is 4.39 Å². The molecule has 0 saturated carbocycles. The number of benzene rings is 1. The monoisotopic (exact) mass is 281 g/mol. The zero-order chi connectivity index (χ0) is 15.1. The van der Waals surface area contributed by atoms with Gasteiger partial charge in [0.1, 0.15) is 5.82 Å². The number of nitrogens with one attached hydrogen (secondary N) is 1. The third-order valence-corrected chi connectivity index (χ3v) is 3.45. The smallest absolute Gasteiger partial charge is 0.128 e. The molecule has 1 aromatic carbocycles. The van der Waals surface area contributed by atoms with Gasteiger partial charge in [-0.1, -0.05) is 38.5 Å². The Labute approximate surface area is 122 Å². The molecule has 2 atom stereocenters. The van der Waals surface area contributed by atoms with Crippen molar-refractivity contribution in [2.24, 2.45) is 5.92 Å². The Morgan fingerprint density at radius 2 is 1.95 bits per heavy atom. The maximum absolute atomic E-state index is 14.2. The second-order valence-corrected chi connectivity index (χ2v) is 5.62. The molecule has 2 unspecified atom stereocenters. The lowest BCUT2D eigenvalue weighted by Crippen LogP contribution is -2.38. The molecule has 0 heterocycles. The van der Waals surface area contributed by atoms with E-state index in [0.717, 1.165) is 18.5 Å². The topological polar surface area (TPSA) is 21.3 Å². The van der Waals surface area contributed by atoms with Crippen molar-refractivity contribution in [1.29, 1.82) is 0 Å². The van der Waals surface area contributed by atoms with Crippen LogP contribution in [0.25, 0.3) is 0 Å². The second-order valence-electron chi connectivity index (χ2n) is 5.62. The van der Waals surface area contributed by atoms with Gasteiger partial charge in [-0.3, -0.25) is 0 Å². The predicted octanol–water partition coefficient (Wildman–Crippen LogP) is 4.24. The molecule has 0 amide bonds. The first-order valence-corrected chi connectivity index (χ1v) is 7.62. The number of aryl methyl sites for hydroxylation is 1. The fourth-order valence-corrected chi connectivity index (χ4v) is 2.47. The third-order valence-electron chi connectivity index (χ3n) is 3.45. The highest BCUT2D eigenvalue weighted by Gasteiger charge is 2.28. The molecular formula is C17H28FNO. The van der Waals surface area contributed by atoms with E-state index >= 15 is 0 Å². The molecular weight excluding hydrogens is 253 g/mol. The fraction of sp³-hybridized carbons (Fsp3) is 0.647. The molecule has 0 aliphatic carbocycles.